The lowest BCUT2D eigenvalue weighted by Crippen LogP contribution is -2.46. The molecule has 0 spiro atoms. The molecule has 2 unspecified atom stereocenters. The molecule has 0 saturated heterocycles. The lowest BCUT2D eigenvalue weighted by atomic mass is 10.4. The van der Waals surface area contributed by atoms with E-state index in [1.807, 2.05) is 0 Å². The van der Waals surface area contributed by atoms with E-state index in [0.717, 1.165) is 32.1 Å². The van der Waals surface area contributed by atoms with Gasteiger partial charge in [0.2, 0.25) is 0 Å². The molecule has 1 fully saturated rings. The van der Waals surface area contributed by atoms with Crippen molar-refractivity contribution in [3.63, 3.8) is 0 Å². The zero-order valence-corrected chi connectivity index (χ0v) is 13.3. The summed E-state index contributed by atoms with van der Waals surface area (Å²) < 4.78 is 12.3. The van der Waals surface area contributed by atoms with Crippen LogP contribution in [-0.4, -0.2) is 27.2 Å². The molecule has 102 valence electrons. The average molecular weight is 279 g/mol. The van der Waals surface area contributed by atoms with Gasteiger partial charge in [-0.2, -0.15) is 0 Å². The molecule has 0 aromatic carbocycles. The van der Waals surface area contributed by atoms with Crippen LogP contribution in [0.2, 0.25) is 11.6 Å². The minimum absolute atomic E-state index is 0.342. The summed E-state index contributed by atoms with van der Waals surface area (Å²) in [4.78, 5) is 0. The number of alkyl halides is 1. The lowest BCUT2D eigenvalue weighted by Gasteiger charge is -2.35. The van der Waals surface area contributed by atoms with Crippen LogP contribution in [0.15, 0.2) is 0 Å². The molecule has 2 atom stereocenters. The van der Waals surface area contributed by atoms with Gasteiger partial charge in [-0.1, -0.05) is 19.8 Å². The van der Waals surface area contributed by atoms with E-state index < -0.39 is 8.56 Å². The predicted molar refractivity (Wildman–Crippen MR) is 76.0 cm³/mol. The van der Waals surface area contributed by atoms with Gasteiger partial charge in [-0.3, -0.25) is 0 Å². The van der Waals surface area contributed by atoms with E-state index in [0.29, 0.717) is 10.9 Å². The van der Waals surface area contributed by atoms with E-state index in [4.69, 9.17) is 20.5 Å². The first-order valence-electron chi connectivity index (χ1n) is 7.10. The molecule has 1 saturated carbocycles. The van der Waals surface area contributed by atoms with Crippen LogP contribution in [0.25, 0.3) is 0 Å². The van der Waals surface area contributed by atoms with Crippen molar-refractivity contribution in [3.8, 4) is 0 Å². The van der Waals surface area contributed by atoms with E-state index >= 15 is 0 Å². The monoisotopic (exact) mass is 278 g/mol. The van der Waals surface area contributed by atoms with Crippen LogP contribution in [0.4, 0.5) is 0 Å². The Morgan fingerprint density at radius 2 is 1.76 bits per heavy atom. The molecule has 4 heteroatoms. The first-order chi connectivity index (χ1) is 8.18. The summed E-state index contributed by atoms with van der Waals surface area (Å²) in [5, 5.41) is 0.342. The Hall–Kier alpha value is 0.427. The lowest BCUT2D eigenvalue weighted by molar-refractivity contribution is 0.171. The molecular formula is C13H27ClO2Si. The Labute approximate surface area is 112 Å². The molecule has 2 nitrogen and oxygen atoms in total. The molecule has 1 aliphatic rings. The third kappa shape index (κ3) is 4.23. The second kappa shape index (κ2) is 7.77. The van der Waals surface area contributed by atoms with Crippen molar-refractivity contribution in [2.75, 3.05) is 13.2 Å². The second-order valence-electron chi connectivity index (χ2n) is 4.89. The largest absolute Gasteiger partial charge is 0.394 e. The quantitative estimate of drug-likeness (QED) is 0.482. The van der Waals surface area contributed by atoms with E-state index in [2.05, 4.69) is 20.8 Å². The third-order valence-electron chi connectivity index (χ3n) is 3.65. The average Bonchev–Trinajstić information content (AvgIpc) is 2.74. The Morgan fingerprint density at radius 1 is 1.12 bits per heavy atom. The Bertz CT molecular complexity index is 208. The summed E-state index contributed by atoms with van der Waals surface area (Å²) in [6.07, 6.45) is 5.86. The molecule has 1 rings (SSSR count). The van der Waals surface area contributed by atoms with Crippen molar-refractivity contribution < 1.29 is 8.85 Å². The van der Waals surface area contributed by atoms with Gasteiger partial charge in [0.15, 0.2) is 0 Å². The van der Waals surface area contributed by atoms with Gasteiger partial charge in [0, 0.05) is 24.1 Å². The first kappa shape index (κ1) is 15.5. The predicted octanol–water partition coefficient (Wildman–Crippen LogP) is 4.46. The maximum Gasteiger partial charge on any atom is 0.341 e. The minimum atomic E-state index is -2.01. The first-order valence-corrected chi connectivity index (χ1v) is 9.64. The standard InChI is InChI=1S/C13H27ClO2Si/c1-4-7-10-17(15-5-2,16-6-3)13-9-8-12(14)11-13/h12-13H,4-11H2,1-3H3. The van der Waals surface area contributed by atoms with Gasteiger partial charge in [-0.25, -0.2) is 0 Å². The van der Waals surface area contributed by atoms with Gasteiger partial charge in [0.1, 0.15) is 0 Å². The summed E-state index contributed by atoms with van der Waals surface area (Å²) in [6.45, 7) is 7.95. The summed E-state index contributed by atoms with van der Waals surface area (Å²) >= 11 is 6.26. The van der Waals surface area contributed by atoms with Crippen molar-refractivity contribution in [3.05, 3.63) is 0 Å². The van der Waals surface area contributed by atoms with Gasteiger partial charge < -0.3 is 8.85 Å². The van der Waals surface area contributed by atoms with Crippen LogP contribution >= 0.6 is 11.6 Å². The molecule has 0 heterocycles. The topological polar surface area (TPSA) is 18.5 Å². The fourth-order valence-electron chi connectivity index (χ4n) is 2.86. The highest BCUT2D eigenvalue weighted by atomic mass is 35.5. The maximum absolute atomic E-state index is 6.26. The molecule has 0 aromatic heterocycles. The van der Waals surface area contributed by atoms with Crippen LogP contribution in [-0.2, 0) is 8.85 Å². The van der Waals surface area contributed by atoms with E-state index in [1.54, 1.807) is 0 Å². The van der Waals surface area contributed by atoms with Gasteiger partial charge >= 0.3 is 8.56 Å². The van der Waals surface area contributed by atoms with Gasteiger partial charge in [-0.15, -0.1) is 11.6 Å². The highest BCUT2D eigenvalue weighted by Crippen LogP contribution is 2.44. The number of rotatable bonds is 8. The number of hydrogen-bond acceptors (Lipinski definition) is 2. The number of hydrogen-bond donors (Lipinski definition) is 0. The van der Waals surface area contributed by atoms with Crippen molar-refractivity contribution in [2.45, 2.75) is 69.8 Å². The number of unbranched alkanes of at least 4 members (excludes halogenated alkanes) is 1. The molecule has 0 aliphatic heterocycles. The highest BCUT2D eigenvalue weighted by Gasteiger charge is 2.47. The Morgan fingerprint density at radius 3 is 2.18 bits per heavy atom. The van der Waals surface area contributed by atoms with Gasteiger partial charge in [0.25, 0.3) is 0 Å². The van der Waals surface area contributed by atoms with E-state index in [1.165, 1.54) is 19.3 Å². The normalized spacial score (nSPS) is 25.4. The molecular weight excluding hydrogens is 252 g/mol. The second-order valence-corrected chi connectivity index (χ2v) is 9.02. The molecule has 0 bridgehead atoms. The zero-order valence-electron chi connectivity index (χ0n) is 11.5. The van der Waals surface area contributed by atoms with Crippen molar-refractivity contribution >= 4 is 20.2 Å². The minimum Gasteiger partial charge on any atom is -0.394 e. The summed E-state index contributed by atoms with van der Waals surface area (Å²) in [5.41, 5.74) is 0.608. The van der Waals surface area contributed by atoms with Gasteiger partial charge in [-0.05, 0) is 39.2 Å². The summed E-state index contributed by atoms with van der Waals surface area (Å²) in [6, 6.07) is 1.14. The van der Waals surface area contributed by atoms with Crippen molar-refractivity contribution in [1.29, 1.82) is 0 Å². The van der Waals surface area contributed by atoms with Crippen molar-refractivity contribution in [2.24, 2.45) is 0 Å². The van der Waals surface area contributed by atoms with Crippen LogP contribution < -0.4 is 0 Å². The van der Waals surface area contributed by atoms with E-state index in [-0.39, 0.29) is 0 Å². The van der Waals surface area contributed by atoms with Crippen LogP contribution in [0.1, 0.15) is 52.9 Å². The Balaban J connectivity index is 2.72. The smallest absolute Gasteiger partial charge is 0.341 e. The molecule has 17 heavy (non-hydrogen) atoms. The molecule has 0 amide bonds. The molecule has 0 radical (unpaired) electrons. The summed E-state index contributed by atoms with van der Waals surface area (Å²) in [5.74, 6) is 0. The highest BCUT2D eigenvalue weighted by molar-refractivity contribution is 6.69. The fraction of sp³-hybridized carbons (Fsp3) is 1.00. The SMILES string of the molecule is CCCC[Si](OCC)(OCC)C1CCC(Cl)C1. The zero-order chi connectivity index (χ0) is 12.7. The fourth-order valence-corrected chi connectivity index (χ4v) is 7.68. The van der Waals surface area contributed by atoms with Gasteiger partial charge in [0.05, 0.1) is 0 Å². The molecule has 0 aromatic rings. The Kier molecular flexibility index (Phi) is 7.08. The summed E-state index contributed by atoms with van der Waals surface area (Å²) in [7, 11) is -2.01. The van der Waals surface area contributed by atoms with Crippen LogP contribution in [0.3, 0.4) is 0 Å². The van der Waals surface area contributed by atoms with E-state index in [9.17, 15) is 0 Å². The van der Waals surface area contributed by atoms with Crippen molar-refractivity contribution in [1.82, 2.24) is 0 Å². The van der Waals surface area contributed by atoms with Crippen LogP contribution in [0.5, 0.6) is 0 Å². The van der Waals surface area contributed by atoms with Crippen LogP contribution in [0, 0.1) is 0 Å². The molecule has 0 N–H and O–H groups in total. The molecule has 1 aliphatic carbocycles. The number of halogens is 1. The maximum atomic E-state index is 6.26. The third-order valence-corrected chi connectivity index (χ3v) is 8.42.